The predicted octanol–water partition coefficient (Wildman–Crippen LogP) is 3.10. The number of aryl methyl sites for hydroxylation is 1. The second-order valence-corrected chi connectivity index (χ2v) is 6.86. The van der Waals surface area contributed by atoms with Crippen molar-refractivity contribution in [2.45, 2.75) is 12.8 Å². The number of aromatic nitrogens is 6. The monoisotopic (exact) mass is 390 g/mol. The van der Waals surface area contributed by atoms with Crippen LogP contribution in [-0.4, -0.2) is 35.5 Å². The summed E-state index contributed by atoms with van der Waals surface area (Å²) in [7, 11) is 0. The van der Waals surface area contributed by atoms with Gasteiger partial charge < -0.3 is 5.73 Å². The lowest BCUT2D eigenvalue weighted by Crippen LogP contribution is -2.20. The van der Waals surface area contributed by atoms with Crippen molar-refractivity contribution in [3.05, 3.63) is 66.0 Å². The van der Waals surface area contributed by atoms with Crippen LogP contribution in [0, 0.1) is 0 Å². The standard InChI is InChI=1S/C19H15ClN8/c20-14-3-1-2-13(8-14)19-15(12-6-7-22-16(21)9-12)10-27(26-19)18-5-4-17-24-23-11-28(17)25-18/h1-3,6-11H,4-5H2,(H2,21,22). The number of benzene rings is 1. The van der Waals surface area contributed by atoms with E-state index in [4.69, 9.17) is 22.4 Å². The lowest BCUT2D eigenvalue weighted by Gasteiger charge is -2.11. The van der Waals surface area contributed by atoms with Crippen molar-refractivity contribution in [2.24, 2.45) is 5.10 Å². The van der Waals surface area contributed by atoms with Crippen LogP contribution in [0.2, 0.25) is 5.02 Å². The van der Waals surface area contributed by atoms with Crippen molar-refractivity contribution in [1.29, 1.82) is 0 Å². The van der Waals surface area contributed by atoms with E-state index in [0.717, 1.165) is 40.5 Å². The lowest BCUT2D eigenvalue weighted by molar-refractivity contribution is 0.700. The average molecular weight is 391 g/mol. The maximum Gasteiger partial charge on any atom is 0.154 e. The van der Waals surface area contributed by atoms with Crippen molar-refractivity contribution in [1.82, 2.24) is 29.6 Å². The van der Waals surface area contributed by atoms with E-state index in [-0.39, 0.29) is 0 Å². The van der Waals surface area contributed by atoms with Crippen LogP contribution in [0.3, 0.4) is 0 Å². The molecule has 0 unspecified atom stereocenters. The number of halogens is 1. The topological polar surface area (TPSA) is 99.8 Å². The molecule has 3 aromatic heterocycles. The summed E-state index contributed by atoms with van der Waals surface area (Å²) in [5, 5.41) is 18.0. The lowest BCUT2D eigenvalue weighted by atomic mass is 10.0. The molecule has 138 valence electrons. The van der Waals surface area contributed by atoms with Crippen molar-refractivity contribution in [3.8, 4) is 22.4 Å². The molecular weight excluding hydrogens is 376 g/mol. The molecule has 0 saturated carbocycles. The van der Waals surface area contributed by atoms with Crippen LogP contribution in [0.4, 0.5) is 5.82 Å². The van der Waals surface area contributed by atoms with Crippen LogP contribution in [0.5, 0.6) is 0 Å². The zero-order chi connectivity index (χ0) is 19.1. The first-order valence-electron chi connectivity index (χ1n) is 8.72. The summed E-state index contributed by atoms with van der Waals surface area (Å²) >= 11 is 6.21. The first kappa shape index (κ1) is 16.6. The molecule has 0 bridgehead atoms. The van der Waals surface area contributed by atoms with Crippen LogP contribution in [0.1, 0.15) is 12.2 Å². The minimum Gasteiger partial charge on any atom is -0.384 e. The van der Waals surface area contributed by atoms with Crippen molar-refractivity contribution in [3.63, 3.8) is 0 Å². The molecule has 0 atom stereocenters. The Morgan fingerprint density at radius 3 is 2.86 bits per heavy atom. The summed E-state index contributed by atoms with van der Waals surface area (Å²) in [4.78, 5) is 4.09. The maximum absolute atomic E-state index is 6.21. The first-order chi connectivity index (χ1) is 13.7. The van der Waals surface area contributed by atoms with Gasteiger partial charge in [0.15, 0.2) is 11.7 Å². The summed E-state index contributed by atoms with van der Waals surface area (Å²) < 4.78 is 3.48. The molecule has 1 aliphatic heterocycles. The van der Waals surface area contributed by atoms with E-state index in [1.807, 2.05) is 42.6 Å². The number of pyridine rings is 1. The molecule has 1 aliphatic rings. The summed E-state index contributed by atoms with van der Waals surface area (Å²) in [6.07, 6.45) is 6.71. The Balaban J connectivity index is 1.68. The van der Waals surface area contributed by atoms with Gasteiger partial charge in [0, 0.05) is 41.4 Å². The Morgan fingerprint density at radius 2 is 2.00 bits per heavy atom. The Kier molecular flexibility index (Phi) is 3.91. The minimum absolute atomic E-state index is 0.450. The van der Waals surface area contributed by atoms with E-state index in [9.17, 15) is 0 Å². The quantitative estimate of drug-likeness (QED) is 0.566. The van der Waals surface area contributed by atoms with E-state index in [1.165, 1.54) is 0 Å². The van der Waals surface area contributed by atoms with Gasteiger partial charge in [-0.3, -0.25) is 0 Å². The highest BCUT2D eigenvalue weighted by atomic mass is 35.5. The number of fused-ring (bicyclic) bond motifs is 1. The summed E-state index contributed by atoms with van der Waals surface area (Å²) in [5.41, 5.74) is 9.46. The molecule has 9 heteroatoms. The largest absolute Gasteiger partial charge is 0.384 e. The molecule has 0 amide bonds. The average Bonchev–Trinajstić information content (AvgIpc) is 3.34. The molecule has 4 aromatic rings. The van der Waals surface area contributed by atoms with Gasteiger partial charge in [0.05, 0.1) is 0 Å². The number of nitrogens with zero attached hydrogens (tertiary/aromatic N) is 7. The molecule has 0 fully saturated rings. The zero-order valence-electron chi connectivity index (χ0n) is 14.7. The molecule has 2 N–H and O–H groups in total. The molecule has 0 spiro atoms. The number of rotatable bonds is 2. The number of anilines is 1. The molecule has 28 heavy (non-hydrogen) atoms. The third-order valence-corrected chi connectivity index (χ3v) is 4.80. The van der Waals surface area contributed by atoms with Gasteiger partial charge in [-0.05, 0) is 29.8 Å². The van der Waals surface area contributed by atoms with Crippen molar-refractivity contribution < 1.29 is 0 Å². The highest BCUT2D eigenvalue weighted by Crippen LogP contribution is 2.33. The van der Waals surface area contributed by atoms with Crippen LogP contribution in [0.25, 0.3) is 22.4 Å². The molecular formula is C19H15ClN8. The molecule has 0 aliphatic carbocycles. The molecule has 0 radical (unpaired) electrons. The van der Waals surface area contributed by atoms with Gasteiger partial charge in [0.2, 0.25) is 0 Å². The molecule has 5 rings (SSSR count). The highest BCUT2D eigenvalue weighted by Gasteiger charge is 2.20. The number of hydrogen-bond acceptors (Lipinski definition) is 6. The number of nitrogens with two attached hydrogens (primary N) is 1. The van der Waals surface area contributed by atoms with Gasteiger partial charge >= 0.3 is 0 Å². The van der Waals surface area contributed by atoms with E-state index in [1.54, 1.807) is 21.9 Å². The van der Waals surface area contributed by atoms with Gasteiger partial charge in [-0.2, -0.15) is 10.2 Å². The maximum atomic E-state index is 6.21. The predicted molar refractivity (Wildman–Crippen MR) is 107 cm³/mol. The fraction of sp³-hybridized carbons (Fsp3) is 0.105. The summed E-state index contributed by atoms with van der Waals surface area (Å²) in [6, 6.07) is 11.4. The second kappa shape index (κ2) is 6.58. The van der Waals surface area contributed by atoms with Crippen molar-refractivity contribution in [2.75, 3.05) is 5.73 Å². The van der Waals surface area contributed by atoms with Crippen LogP contribution in [0.15, 0.2) is 60.2 Å². The van der Waals surface area contributed by atoms with E-state index < -0.39 is 0 Å². The van der Waals surface area contributed by atoms with Gasteiger partial charge in [-0.1, -0.05) is 23.7 Å². The molecule has 0 saturated heterocycles. The Morgan fingerprint density at radius 1 is 1.07 bits per heavy atom. The van der Waals surface area contributed by atoms with Gasteiger partial charge in [-0.15, -0.1) is 10.2 Å². The first-order valence-corrected chi connectivity index (χ1v) is 9.10. The minimum atomic E-state index is 0.450. The van der Waals surface area contributed by atoms with Crippen LogP contribution < -0.4 is 5.73 Å². The Bertz CT molecular complexity index is 1140. The molecule has 4 heterocycles. The summed E-state index contributed by atoms with van der Waals surface area (Å²) in [6.45, 7) is 0. The smallest absolute Gasteiger partial charge is 0.154 e. The van der Waals surface area contributed by atoms with E-state index >= 15 is 0 Å². The third-order valence-electron chi connectivity index (χ3n) is 4.56. The fourth-order valence-corrected chi connectivity index (χ4v) is 3.43. The normalized spacial score (nSPS) is 13.2. The second-order valence-electron chi connectivity index (χ2n) is 6.42. The third kappa shape index (κ3) is 2.93. The van der Waals surface area contributed by atoms with Gasteiger partial charge in [0.1, 0.15) is 17.8 Å². The number of nitrogen functional groups attached to an aromatic ring is 1. The van der Waals surface area contributed by atoms with Gasteiger partial charge in [0.25, 0.3) is 0 Å². The zero-order valence-corrected chi connectivity index (χ0v) is 15.5. The van der Waals surface area contributed by atoms with Crippen molar-refractivity contribution >= 4 is 23.3 Å². The number of hydrogen-bond donors (Lipinski definition) is 1. The summed E-state index contributed by atoms with van der Waals surface area (Å²) in [5.74, 6) is 2.10. The van der Waals surface area contributed by atoms with E-state index in [0.29, 0.717) is 17.3 Å². The SMILES string of the molecule is Nc1cc(-c2cn(C3=Nn4cnnc4CC3)nc2-c2cccc(Cl)c2)ccn1. The van der Waals surface area contributed by atoms with Crippen LogP contribution >= 0.6 is 11.6 Å². The highest BCUT2D eigenvalue weighted by molar-refractivity contribution is 6.30. The molecule has 1 aromatic carbocycles. The van der Waals surface area contributed by atoms with Gasteiger partial charge in [-0.25, -0.2) is 14.3 Å². The van der Waals surface area contributed by atoms with Crippen LogP contribution in [-0.2, 0) is 6.42 Å². The fourth-order valence-electron chi connectivity index (χ4n) is 3.24. The Hall–Kier alpha value is -3.52. The van der Waals surface area contributed by atoms with E-state index in [2.05, 4.69) is 20.3 Å². The Labute approximate surface area is 165 Å². The molecule has 8 nitrogen and oxygen atoms in total.